The SMILES string of the molecule is C=Cc1ccc(N=Cc2ccc(OC)cc2)cc1. The summed E-state index contributed by atoms with van der Waals surface area (Å²) in [6, 6.07) is 15.7. The van der Waals surface area contributed by atoms with E-state index in [2.05, 4.69) is 11.6 Å². The van der Waals surface area contributed by atoms with Gasteiger partial charge in [-0.3, -0.25) is 4.99 Å². The first-order valence-electron chi connectivity index (χ1n) is 5.72. The van der Waals surface area contributed by atoms with E-state index in [9.17, 15) is 0 Å². The zero-order valence-corrected chi connectivity index (χ0v) is 10.3. The van der Waals surface area contributed by atoms with E-state index in [1.54, 1.807) is 7.11 Å². The molecule has 0 unspecified atom stereocenters. The molecule has 2 aromatic rings. The van der Waals surface area contributed by atoms with Gasteiger partial charge in [0.2, 0.25) is 0 Å². The zero-order valence-electron chi connectivity index (χ0n) is 10.3. The molecule has 0 fully saturated rings. The molecule has 0 amide bonds. The molecule has 0 bridgehead atoms. The van der Waals surface area contributed by atoms with E-state index in [4.69, 9.17) is 4.74 Å². The van der Waals surface area contributed by atoms with Crippen LogP contribution in [0.4, 0.5) is 5.69 Å². The van der Waals surface area contributed by atoms with Crippen LogP contribution in [0.15, 0.2) is 60.1 Å². The first kappa shape index (κ1) is 12.1. The van der Waals surface area contributed by atoms with Gasteiger partial charge in [-0.1, -0.05) is 24.8 Å². The molecular weight excluding hydrogens is 222 g/mol. The van der Waals surface area contributed by atoms with Crippen molar-refractivity contribution in [1.29, 1.82) is 0 Å². The monoisotopic (exact) mass is 237 g/mol. The number of benzene rings is 2. The third-order valence-electron chi connectivity index (χ3n) is 2.61. The Kier molecular flexibility index (Phi) is 3.92. The number of rotatable bonds is 4. The molecule has 0 aromatic heterocycles. The summed E-state index contributed by atoms with van der Waals surface area (Å²) < 4.78 is 5.10. The van der Waals surface area contributed by atoms with E-state index in [0.717, 1.165) is 22.6 Å². The molecule has 0 saturated heterocycles. The van der Waals surface area contributed by atoms with Crippen molar-refractivity contribution < 1.29 is 4.74 Å². The molecule has 18 heavy (non-hydrogen) atoms. The van der Waals surface area contributed by atoms with Crippen LogP contribution >= 0.6 is 0 Å². The maximum Gasteiger partial charge on any atom is 0.118 e. The topological polar surface area (TPSA) is 21.6 Å². The maximum atomic E-state index is 5.10. The molecule has 0 aliphatic carbocycles. The Morgan fingerprint density at radius 2 is 1.56 bits per heavy atom. The highest BCUT2D eigenvalue weighted by Gasteiger charge is 1.92. The number of ether oxygens (including phenoxy) is 1. The van der Waals surface area contributed by atoms with Gasteiger partial charge >= 0.3 is 0 Å². The van der Waals surface area contributed by atoms with Crippen LogP contribution in [0.5, 0.6) is 5.75 Å². The molecule has 90 valence electrons. The molecule has 0 saturated carbocycles. The molecule has 2 aromatic carbocycles. The number of hydrogen-bond donors (Lipinski definition) is 0. The lowest BCUT2D eigenvalue weighted by molar-refractivity contribution is 0.415. The summed E-state index contributed by atoms with van der Waals surface area (Å²) >= 11 is 0. The summed E-state index contributed by atoms with van der Waals surface area (Å²) in [5.74, 6) is 0.850. The average molecular weight is 237 g/mol. The minimum atomic E-state index is 0.850. The van der Waals surface area contributed by atoms with E-state index in [-0.39, 0.29) is 0 Å². The Bertz CT molecular complexity index is 538. The fourth-order valence-corrected chi connectivity index (χ4v) is 1.54. The van der Waals surface area contributed by atoms with Crippen molar-refractivity contribution in [3.05, 3.63) is 66.2 Å². The van der Waals surface area contributed by atoms with Crippen molar-refractivity contribution in [2.45, 2.75) is 0 Å². The first-order valence-corrected chi connectivity index (χ1v) is 5.72. The van der Waals surface area contributed by atoms with Crippen molar-refractivity contribution in [3.8, 4) is 5.75 Å². The van der Waals surface area contributed by atoms with E-state index in [1.807, 2.05) is 60.8 Å². The molecule has 0 atom stereocenters. The number of aliphatic imine (C=N–C) groups is 1. The minimum absolute atomic E-state index is 0.850. The van der Waals surface area contributed by atoms with Crippen LogP contribution in [0, 0.1) is 0 Å². The molecule has 2 rings (SSSR count). The van der Waals surface area contributed by atoms with E-state index in [0.29, 0.717) is 0 Å². The predicted octanol–water partition coefficient (Wildman–Crippen LogP) is 4.09. The van der Waals surface area contributed by atoms with Crippen molar-refractivity contribution >= 4 is 18.0 Å². The Labute approximate surface area is 107 Å². The Morgan fingerprint density at radius 3 is 2.11 bits per heavy atom. The van der Waals surface area contributed by atoms with Crippen LogP contribution in [0.2, 0.25) is 0 Å². The highest BCUT2D eigenvalue weighted by Crippen LogP contribution is 2.15. The van der Waals surface area contributed by atoms with Gasteiger partial charge in [0.15, 0.2) is 0 Å². The van der Waals surface area contributed by atoms with Crippen molar-refractivity contribution in [2.75, 3.05) is 7.11 Å². The largest absolute Gasteiger partial charge is 0.497 e. The summed E-state index contributed by atoms with van der Waals surface area (Å²) in [5, 5.41) is 0. The highest BCUT2D eigenvalue weighted by atomic mass is 16.5. The Morgan fingerprint density at radius 1 is 0.944 bits per heavy atom. The Balaban J connectivity index is 2.10. The normalized spacial score (nSPS) is 10.5. The predicted molar refractivity (Wildman–Crippen MR) is 76.8 cm³/mol. The highest BCUT2D eigenvalue weighted by molar-refractivity contribution is 5.82. The standard InChI is InChI=1S/C16H15NO/c1-3-13-4-8-15(9-5-13)17-12-14-6-10-16(18-2)11-7-14/h3-12H,1H2,2H3. The summed E-state index contributed by atoms with van der Waals surface area (Å²) in [7, 11) is 1.66. The molecular formula is C16H15NO. The van der Waals surface area contributed by atoms with Gasteiger partial charge in [-0.2, -0.15) is 0 Å². The minimum Gasteiger partial charge on any atom is -0.497 e. The first-order chi connectivity index (χ1) is 8.81. The van der Waals surface area contributed by atoms with Crippen LogP contribution in [0.25, 0.3) is 6.08 Å². The van der Waals surface area contributed by atoms with Crippen molar-refractivity contribution in [1.82, 2.24) is 0 Å². The average Bonchev–Trinajstić information content (AvgIpc) is 2.46. The summed E-state index contributed by atoms with van der Waals surface area (Å²) in [6.07, 6.45) is 3.65. The van der Waals surface area contributed by atoms with Gasteiger partial charge in [0, 0.05) is 6.21 Å². The lowest BCUT2D eigenvalue weighted by Crippen LogP contribution is -1.84. The quantitative estimate of drug-likeness (QED) is 0.734. The number of methoxy groups -OCH3 is 1. The Hall–Kier alpha value is -2.35. The van der Waals surface area contributed by atoms with Crippen LogP contribution in [-0.2, 0) is 0 Å². The van der Waals surface area contributed by atoms with Crippen molar-refractivity contribution in [2.24, 2.45) is 4.99 Å². The van der Waals surface area contributed by atoms with Gasteiger partial charge < -0.3 is 4.74 Å². The van der Waals surface area contributed by atoms with Gasteiger partial charge in [-0.05, 0) is 47.5 Å². The molecule has 0 radical (unpaired) electrons. The van der Waals surface area contributed by atoms with Gasteiger partial charge in [0.05, 0.1) is 12.8 Å². The molecule has 0 spiro atoms. The molecule has 0 heterocycles. The third kappa shape index (κ3) is 3.08. The second kappa shape index (κ2) is 5.82. The zero-order chi connectivity index (χ0) is 12.8. The molecule has 0 N–H and O–H groups in total. The maximum absolute atomic E-state index is 5.10. The van der Waals surface area contributed by atoms with Crippen molar-refractivity contribution in [3.63, 3.8) is 0 Å². The van der Waals surface area contributed by atoms with Gasteiger partial charge in [-0.15, -0.1) is 0 Å². The third-order valence-corrected chi connectivity index (χ3v) is 2.61. The lowest BCUT2D eigenvalue weighted by Gasteiger charge is -1.99. The van der Waals surface area contributed by atoms with Gasteiger partial charge in [-0.25, -0.2) is 0 Å². The molecule has 0 aliphatic heterocycles. The molecule has 2 heteroatoms. The van der Waals surface area contributed by atoms with Crippen LogP contribution in [0.3, 0.4) is 0 Å². The van der Waals surface area contributed by atoms with Crippen LogP contribution in [0.1, 0.15) is 11.1 Å². The fourth-order valence-electron chi connectivity index (χ4n) is 1.54. The summed E-state index contributed by atoms with van der Waals surface area (Å²) in [5.41, 5.74) is 3.07. The van der Waals surface area contributed by atoms with Crippen LogP contribution in [-0.4, -0.2) is 13.3 Å². The summed E-state index contributed by atoms with van der Waals surface area (Å²) in [4.78, 5) is 4.41. The molecule has 0 aliphatic rings. The molecule has 2 nitrogen and oxygen atoms in total. The number of nitrogens with zero attached hydrogens (tertiary/aromatic N) is 1. The van der Waals surface area contributed by atoms with E-state index in [1.165, 1.54) is 0 Å². The second-order valence-corrected chi connectivity index (χ2v) is 3.83. The van der Waals surface area contributed by atoms with Gasteiger partial charge in [0.1, 0.15) is 5.75 Å². The second-order valence-electron chi connectivity index (χ2n) is 3.83. The smallest absolute Gasteiger partial charge is 0.118 e. The van der Waals surface area contributed by atoms with E-state index >= 15 is 0 Å². The fraction of sp³-hybridized carbons (Fsp3) is 0.0625. The lowest BCUT2D eigenvalue weighted by atomic mass is 10.2. The van der Waals surface area contributed by atoms with Crippen LogP contribution < -0.4 is 4.74 Å². The number of hydrogen-bond acceptors (Lipinski definition) is 2. The summed E-state index contributed by atoms with van der Waals surface area (Å²) in [6.45, 7) is 3.72. The van der Waals surface area contributed by atoms with Gasteiger partial charge in [0.25, 0.3) is 0 Å². The van der Waals surface area contributed by atoms with E-state index < -0.39 is 0 Å².